The van der Waals surface area contributed by atoms with Gasteiger partial charge in [0.2, 0.25) is 0 Å². The molecule has 6 nitrogen and oxygen atoms in total. The molecule has 0 saturated carbocycles. The van der Waals surface area contributed by atoms with E-state index in [4.69, 9.17) is 9.84 Å². The summed E-state index contributed by atoms with van der Waals surface area (Å²) in [5, 5.41) is 14.4. The van der Waals surface area contributed by atoms with Crippen molar-refractivity contribution in [1.82, 2.24) is 5.32 Å². The molecule has 2 aliphatic rings. The summed E-state index contributed by atoms with van der Waals surface area (Å²) in [6.45, 7) is 1.10. The molecule has 0 aromatic heterocycles. The van der Waals surface area contributed by atoms with Gasteiger partial charge in [-0.05, 0) is 31.0 Å². The van der Waals surface area contributed by atoms with Crippen LogP contribution in [0.1, 0.15) is 28.7 Å². The zero-order chi connectivity index (χ0) is 18.8. The van der Waals surface area contributed by atoms with Gasteiger partial charge in [0.15, 0.2) is 0 Å². The van der Waals surface area contributed by atoms with E-state index >= 15 is 0 Å². The van der Waals surface area contributed by atoms with Gasteiger partial charge in [-0.15, -0.1) is 0 Å². The molecule has 4 rings (SSSR count). The van der Waals surface area contributed by atoms with Crippen molar-refractivity contribution in [2.75, 3.05) is 18.4 Å². The van der Waals surface area contributed by atoms with Crippen LogP contribution in [-0.2, 0) is 27.4 Å². The number of ether oxygens (including phenoxy) is 1. The van der Waals surface area contributed by atoms with Crippen LogP contribution in [0.15, 0.2) is 42.5 Å². The number of rotatable bonds is 6. The van der Waals surface area contributed by atoms with E-state index in [9.17, 15) is 9.59 Å². The van der Waals surface area contributed by atoms with Crippen molar-refractivity contribution in [2.24, 2.45) is 0 Å². The molecule has 2 aliphatic heterocycles. The van der Waals surface area contributed by atoms with Crippen LogP contribution in [0.4, 0.5) is 5.69 Å². The summed E-state index contributed by atoms with van der Waals surface area (Å²) in [5.74, 6) is -0.336. The Morgan fingerprint density at radius 3 is 2.89 bits per heavy atom. The van der Waals surface area contributed by atoms with Crippen LogP contribution >= 0.6 is 0 Å². The Labute approximate surface area is 156 Å². The van der Waals surface area contributed by atoms with E-state index in [1.165, 1.54) is 5.56 Å². The Morgan fingerprint density at radius 1 is 1.19 bits per heavy atom. The number of benzene rings is 2. The van der Waals surface area contributed by atoms with Gasteiger partial charge in [0.05, 0.1) is 12.1 Å². The van der Waals surface area contributed by atoms with E-state index in [0.29, 0.717) is 24.5 Å². The van der Waals surface area contributed by atoms with Gasteiger partial charge in [-0.3, -0.25) is 9.59 Å². The van der Waals surface area contributed by atoms with E-state index in [1.807, 2.05) is 36.4 Å². The smallest absolute Gasteiger partial charge is 0.317 e. The van der Waals surface area contributed by atoms with Crippen LogP contribution in [0.25, 0.3) is 11.3 Å². The summed E-state index contributed by atoms with van der Waals surface area (Å²) < 4.78 is 5.90. The van der Waals surface area contributed by atoms with E-state index in [2.05, 4.69) is 16.7 Å². The number of carboxylic acid groups (broad SMARTS) is 1. The zero-order valence-electron chi connectivity index (χ0n) is 14.7. The number of aliphatic carboxylic acids is 1. The molecule has 0 radical (unpaired) electrons. The van der Waals surface area contributed by atoms with Crippen LogP contribution in [0.3, 0.4) is 0 Å². The SMILES string of the molecule is O=C(O)CNCCCc1ccc2c(c1)COC2=C1C(=O)Nc2ccccc21. The second-order valence-electron chi connectivity index (χ2n) is 6.66. The molecule has 0 unspecified atom stereocenters. The number of aryl methyl sites for hydroxylation is 1. The lowest BCUT2D eigenvalue weighted by molar-refractivity contribution is -0.135. The number of carbonyl (C=O) groups is 2. The predicted molar refractivity (Wildman–Crippen MR) is 102 cm³/mol. The summed E-state index contributed by atoms with van der Waals surface area (Å²) in [5.41, 5.74) is 5.49. The maximum Gasteiger partial charge on any atom is 0.317 e. The number of amides is 1. The van der Waals surface area contributed by atoms with Crippen LogP contribution in [-0.4, -0.2) is 30.1 Å². The third-order valence-corrected chi connectivity index (χ3v) is 4.78. The predicted octanol–water partition coefficient (Wildman–Crippen LogP) is 2.64. The van der Waals surface area contributed by atoms with Crippen molar-refractivity contribution in [3.05, 3.63) is 64.7 Å². The first-order chi connectivity index (χ1) is 13.1. The summed E-state index contributed by atoms with van der Waals surface area (Å²) in [6.07, 6.45) is 1.71. The topological polar surface area (TPSA) is 87.7 Å². The quantitative estimate of drug-likeness (QED) is 0.542. The highest BCUT2D eigenvalue weighted by atomic mass is 16.5. The monoisotopic (exact) mass is 364 g/mol. The normalized spacial score (nSPS) is 17.3. The molecule has 3 N–H and O–H groups in total. The molecular formula is C21H20N2O4. The molecule has 1 amide bonds. The lowest BCUT2D eigenvalue weighted by Gasteiger charge is -2.06. The van der Waals surface area contributed by atoms with Gasteiger partial charge >= 0.3 is 5.97 Å². The minimum absolute atomic E-state index is 0.0154. The van der Waals surface area contributed by atoms with Crippen LogP contribution in [0.5, 0.6) is 0 Å². The number of carbonyl (C=O) groups excluding carboxylic acids is 1. The van der Waals surface area contributed by atoms with Crippen LogP contribution in [0.2, 0.25) is 0 Å². The molecule has 0 saturated heterocycles. The Balaban J connectivity index is 1.52. The van der Waals surface area contributed by atoms with Gasteiger partial charge < -0.3 is 20.5 Å². The van der Waals surface area contributed by atoms with Crippen molar-refractivity contribution < 1.29 is 19.4 Å². The van der Waals surface area contributed by atoms with Crippen molar-refractivity contribution in [3.63, 3.8) is 0 Å². The number of fused-ring (bicyclic) bond motifs is 2. The Morgan fingerprint density at radius 2 is 2.04 bits per heavy atom. The fourth-order valence-corrected chi connectivity index (χ4v) is 3.53. The van der Waals surface area contributed by atoms with Gasteiger partial charge in [0.1, 0.15) is 12.4 Å². The second-order valence-corrected chi connectivity index (χ2v) is 6.66. The number of anilines is 1. The first kappa shape index (κ1) is 17.3. The van der Waals surface area contributed by atoms with Crippen molar-refractivity contribution in [3.8, 4) is 0 Å². The standard InChI is InChI=1S/C21H20N2O4/c24-18(25)11-22-9-3-4-13-7-8-15-14(10-13)12-27-20(15)19-16-5-1-2-6-17(16)23-21(19)26/h1-2,5-8,10,22H,3-4,9,11-12H2,(H,23,26)(H,24,25). The third-order valence-electron chi connectivity index (χ3n) is 4.78. The molecule has 2 aromatic carbocycles. The van der Waals surface area contributed by atoms with Gasteiger partial charge in [0.25, 0.3) is 5.91 Å². The number of nitrogens with one attached hydrogen (secondary N) is 2. The molecule has 0 bridgehead atoms. The minimum atomic E-state index is -0.845. The van der Waals surface area contributed by atoms with E-state index in [0.717, 1.165) is 35.2 Å². The average Bonchev–Trinajstić information content (AvgIpc) is 3.20. The third kappa shape index (κ3) is 3.44. The Hall–Kier alpha value is -3.12. The lowest BCUT2D eigenvalue weighted by atomic mass is 9.98. The molecule has 0 atom stereocenters. The lowest BCUT2D eigenvalue weighted by Crippen LogP contribution is -2.23. The largest absolute Gasteiger partial charge is 0.487 e. The van der Waals surface area contributed by atoms with Crippen LogP contribution in [0, 0.1) is 0 Å². The second kappa shape index (κ2) is 7.25. The highest BCUT2D eigenvalue weighted by Crippen LogP contribution is 2.41. The Kier molecular flexibility index (Phi) is 4.64. The molecule has 2 heterocycles. The number of carboxylic acids is 1. The number of hydrogen-bond donors (Lipinski definition) is 3. The number of hydrogen-bond acceptors (Lipinski definition) is 4. The van der Waals surface area contributed by atoms with E-state index in [-0.39, 0.29) is 12.5 Å². The van der Waals surface area contributed by atoms with Crippen molar-refractivity contribution >= 4 is 28.9 Å². The fraction of sp³-hybridized carbons (Fsp3) is 0.238. The molecule has 27 heavy (non-hydrogen) atoms. The minimum Gasteiger partial charge on any atom is -0.487 e. The van der Waals surface area contributed by atoms with Gasteiger partial charge in [-0.25, -0.2) is 0 Å². The van der Waals surface area contributed by atoms with Gasteiger partial charge in [-0.1, -0.05) is 36.4 Å². The summed E-state index contributed by atoms with van der Waals surface area (Å²) >= 11 is 0. The highest BCUT2D eigenvalue weighted by Gasteiger charge is 2.32. The summed E-state index contributed by atoms with van der Waals surface area (Å²) in [4.78, 5) is 22.9. The zero-order valence-corrected chi connectivity index (χ0v) is 14.7. The van der Waals surface area contributed by atoms with Crippen molar-refractivity contribution in [2.45, 2.75) is 19.4 Å². The van der Waals surface area contributed by atoms with Crippen molar-refractivity contribution in [1.29, 1.82) is 0 Å². The molecule has 0 fully saturated rings. The van der Waals surface area contributed by atoms with Crippen LogP contribution < -0.4 is 10.6 Å². The number of para-hydroxylation sites is 1. The molecule has 6 heteroatoms. The van der Waals surface area contributed by atoms with Gasteiger partial charge in [0, 0.05) is 22.4 Å². The molecule has 2 aromatic rings. The average molecular weight is 364 g/mol. The first-order valence-corrected chi connectivity index (χ1v) is 8.96. The van der Waals surface area contributed by atoms with E-state index in [1.54, 1.807) is 0 Å². The maximum absolute atomic E-state index is 12.4. The Bertz CT molecular complexity index is 949. The molecule has 0 spiro atoms. The summed E-state index contributed by atoms with van der Waals surface area (Å²) in [6, 6.07) is 13.8. The van der Waals surface area contributed by atoms with E-state index < -0.39 is 5.97 Å². The molecule has 0 aliphatic carbocycles. The maximum atomic E-state index is 12.4. The summed E-state index contributed by atoms with van der Waals surface area (Å²) in [7, 11) is 0. The van der Waals surface area contributed by atoms with Gasteiger partial charge in [-0.2, -0.15) is 0 Å². The highest BCUT2D eigenvalue weighted by molar-refractivity contribution is 6.36. The molecular weight excluding hydrogens is 344 g/mol. The first-order valence-electron chi connectivity index (χ1n) is 8.96. The molecule has 138 valence electrons. The fourth-order valence-electron chi connectivity index (χ4n) is 3.53.